The van der Waals surface area contributed by atoms with Gasteiger partial charge in [0.05, 0.1) is 12.2 Å². The number of aliphatic carboxylic acids is 1. The van der Waals surface area contributed by atoms with E-state index < -0.39 is 26.9 Å². The van der Waals surface area contributed by atoms with Crippen LogP contribution in [-0.4, -0.2) is 57.1 Å². The van der Waals surface area contributed by atoms with Crippen molar-refractivity contribution in [2.75, 3.05) is 19.8 Å². The molecule has 168 valence electrons. The van der Waals surface area contributed by atoms with Crippen molar-refractivity contribution >= 4 is 16.0 Å². The Balaban J connectivity index is 1.89. The molecule has 1 saturated heterocycles. The average molecular weight is 442 g/mol. The molecule has 1 aliphatic heterocycles. The standard InChI is InChI=1S/C21H31NO7S/c1-5-27-18-12-21(19(23)24,20(18,3)4)22-30(25,26)17-11-14(2)8-9-16(17)29-13-15-7-6-10-28-15/h8-9,11,15,18,22H,5-7,10,12-13H2,1-4H3,(H,23,24). The molecule has 1 aromatic rings. The van der Waals surface area contributed by atoms with Crippen LogP contribution in [0.5, 0.6) is 5.75 Å². The fourth-order valence-corrected chi connectivity index (χ4v) is 5.91. The molecule has 0 amide bonds. The van der Waals surface area contributed by atoms with E-state index in [0.29, 0.717) is 13.2 Å². The van der Waals surface area contributed by atoms with Gasteiger partial charge >= 0.3 is 5.97 Å². The van der Waals surface area contributed by atoms with Gasteiger partial charge in [-0.3, -0.25) is 4.79 Å². The largest absolute Gasteiger partial charge is 0.489 e. The van der Waals surface area contributed by atoms with Gasteiger partial charge in [-0.25, -0.2) is 8.42 Å². The number of ether oxygens (including phenoxy) is 3. The Kier molecular flexibility index (Phi) is 6.48. The van der Waals surface area contributed by atoms with E-state index in [4.69, 9.17) is 14.2 Å². The average Bonchev–Trinajstić information content (AvgIpc) is 3.19. The maximum atomic E-state index is 13.3. The number of carbonyl (C=O) groups is 1. The van der Waals surface area contributed by atoms with Gasteiger partial charge in [0.25, 0.3) is 0 Å². The first-order valence-corrected chi connectivity index (χ1v) is 11.8. The van der Waals surface area contributed by atoms with Crippen LogP contribution in [0.2, 0.25) is 0 Å². The highest BCUT2D eigenvalue weighted by Crippen LogP contribution is 2.52. The Morgan fingerprint density at radius 1 is 1.37 bits per heavy atom. The van der Waals surface area contributed by atoms with Crippen molar-refractivity contribution in [1.29, 1.82) is 0 Å². The van der Waals surface area contributed by atoms with E-state index in [1.807, 2.05) is 6.92 Å². The van der Waals surface area contributed by atoms with Gasteiger partial charge in [-0.1, -0.05) is 19.9 Å². The first kappa shape index (κ1) is 23.0. The van der Waals surface area contributed by atoms with Crippen LogP contribution in [0.15, 0.2) is 23.1 Å². The number of rotatable bonds is 9. The molecule has 30 heavy (non-hydrogen) atoms. The highest BCUT2D eigenvalue weighted by atomic mass is 32.2. The van der Waals surface area contributed by atoms with E-state index in [1.54, 1.807) is 32.9 Å². The lowest BCUT2D eigenvalue weighted by Crippen LogP contribution is -2.76. The van der Waals surface area contributed by atoms with Crippen molar-refractivity contribution < 1.29 is 32.5 Å². The lowest BCUT2D eigenvalue weighted by molar-refractivity contribution is -0.188. The summed E-state index contributed by atoms with van der Waals surface area (Å²) in [6, 6.07) is 4.85. The van der Waals surface area contributed by atoms with Crippen molar-refractivity contribution in [3.05, 3.63) is 23.8 Å². The monoisotopic (exact) mass is 441 g/mol. The van der Waals surface area contributed by atoms with Gasteiger partial charge in [-0.2, -0.15) is 4.72 Å². The molecule has 1 aromatic carbocycles. The lowest BCUT2D eigenvalue weighted by Gasteiger charge is -2.57. The smallest absolute Gasteiger partial charge is 0.325 e. The predicted molar refractivity (Wildman–Crippen MR) is 110 cm³/mol. The summed E-state index contributed by atoms with van der Waals surface area (Å²) in [5.74, 6) is -1.04. The maximum absolute atomic E-state index is 13.3. The Morgan fingerprint density at radius 3 is 2.67 bits per heavy atom. The van der Waals surface area contributed by atoms with E-state index in [0.717, 1.165) is 18.4 Å². The van der Waals surface area contributed by atoms with Gasteiger partial charge in [-0.05, 0) is 44.4 Å². The Morgan fingerprint density at radius 2 is 2.10 bits per heavy atom. The van der Waals surface area contributed by atoms with Gasteiger partial charge in [-0.15, -0.1) is 0 Å². The number of hydrogen-bond acceptors (Lipinski definition) is 6. The highest BCUT2D eigenvalue weighted by molar-refractivity contribution is 7.89. The van der Waals surface area contributed by atoms with Crippen LogP contribution < -0.4 is 9.46 Å². The summed E-state index contributed by atoms with van der Waals surface area (Å²) < 4.78 is 46.1. The summed E-state index contributed by atoms with van der Waals surface area (Å²) in [4.78, 5) is 12.1. The zero-order valence-corrected chi connectivity index (χ0v) is 18.8. The van der Waals surface area contributed by atoms with Crippen molar-refractivity contribution in [2.45, 2.75) is 69.6 Å². The lowest BCUT2D eigenvalue weighted by atomic mass is 9.54. The zero-order valence-electron chi connectivity index (χ0n) is 17.9. The van der Waals surface area contributed by atoms with Gasteiger partial charge in [0.2, 0.25) is 10.0 Å². The number of sulfonamides is 1. The first-order chi connectivity index (χ1) is 14.0. The van der Waals surface area contributed by atoms with Crippen molar-refractivity contribution in [1.82, 2.24) is 4.72 Å². The summed E-state index contributed by atoms with van der Waals surface area (Å²) in [6.07, 6.45) is 1.44. The minimum Gasteiger partial charge on any atom is -0.489 e. The van der Waals surface area contributed by atoms with E-state index in [2.05, 4.69) is 4.72 Å². The van der Waals surface area contributed by atoms with Crippen LogP contribution in [-0.2, 0) is 24.3 Å². The highest BCUT2D eigenvalue weighted by Gasteiger charge is 2.67. The molecule has 9 heteroatoms. The summed E-state index contributed by atoms with van der Waals surface area (Å²) in [5.41, 5.74) is -1.87. The first-order valence-electron chi connectivity index (χ1n) is 10.3. The molecule has 2 N–H and O–H groups in total. The topological polar surface area (TPSA) is 111 Å². The van der Waals surface area contributed by atoms with Gasteiger partial charge in [0.15, 0.2) is 0 Å². The zero-order chi connectivity index (χ0) is 22.2. The third kappa shape index (κ3) is 4.08. The summed E-state index contributed by atoms with van der Waals surface area (Å²) in [6.45, 7) is 8.35. The molecule has 2 fully saturated rings. The Hall–Kier alpha value is -1.68. The molecule has 1 heterocycles. The molecule has 2 aliphatic rings. The Bertz CT molecular complexity index is 893. The fraction of sp³-hybridized carbons (Fsp3) is 0.667. The van der Waals surface area contributed by atoms with Crippen molar-refractivity contribution in [3.63, 3.8) is 0 Å². The van der Waals surface area contributed by atoms with Crippen LogP contribution in [0.1, 0.15) is 45.6 Å². The van der Waals surface area contributed by atoms with E-state index in [9.17, 15) is 18.3 Å². The quantitative estimate of drug-likeness (QED) is 0.606. The third-order valence-electron chi connectivity index (χ3n) is 6.28. The second kappa shape index (κ2) is 8.45. The van der Waals surface area contributed by atoms with Crippen LogP contribution in [0.3, 0.4) is 0 Å². The number of carboxylic acids is 1. The van der Waals surface area contributed by atoms with Crippen LogP contribution in [0.4, 0.5) is 0 Å². The number of carboxylic acid groups (broad SMARTS) is 1. The molecule has 0 spiro atoms. The van der Waals surface area contributed by atoms with Gasteiger partial charge in [0.1, 0.15) is 22.8 Å². The number of nitrogens with one attached hydrogen (secondary N) is 1. The second-order valence-electron chi connectivity index (χ2n) is 8.58. The minimum absolute atomic E-state index is 0.0559. The van der Waals surface area contributed by atoms with Gasteiger partial charge < -0.3 is 19.3 Å². The molecule has 3 atom stereocenters. The predicted octanol–water partition coefficient (Wildman–Crippen LogP) is 2.49. The van der Waals surface area contributed by atoms with Gasteiger partial charge in [0, 0.05) is 25.0 Å². The molecule has 3 rings (SSSR count). The molecule has 3 unspecified atom stereocenters. The van der Waals surface area contributed by atoms with Crippen LogP contribution in [0, 0.1) is 12.3 Å². The maximum Gasteiger partial charge on any atom is 0.325 e. The normalized spacial score (nSPS) is 28.1. The molecule has 8 nitrogen and oxygen atoms in total. The van der Waals surface area contributed by atoms with E-state index in [1.165, 1.54) is 6.07 Å². The van der Waals surface area contributed by atoms with Crippen molar-refractivity contribution in [2.24, 2.45) is 5.41 Å². The SMILES string of the molecule is CCOC1CC(NS(=O)(=O)c2cc(C)ccc2OCC2CCCO2)(C(=O)O)C1(C)C. The van der Waals surface area contributed by atoms with Crippen LogP contribution in [0.25, 0.3) is 0 Å². The molecular formula is C21H31NO7S. The number of aryl methyl sites for hydroxylation is 1. The van der Waals surface area contributed by atoms with Crippen molar-refractivity contribution in [3.8, 4) is 5.75 Å². The fourth-order valence-electron chi connectivity index (χ4n) is 4.18. The van der Waals surface area contributed by atoms with Crippen LogP contribution >= 0.6 is 0 Å². The molecule has 0 aromatic heterocycles. The number of benzene rings is 1. The summed E-state index contributed by atoms with van der Waals surface area (Å²) in [7, 11) is -4.18. The van der Waals surface area contributed by atoms with E-state index in [-0.39, 0.29) is 35.9 Å². The molecule has 0 bridgehead atoms. The third-order valence-corrected chi connectivity index (χ3v) is 7.79. The van der Waals surface area contributed by atoms with E-state index >= 15 is 0 Å². The minimum atomic E-state index is -4.18. The molecule has 0 radical (unpaired) electrons. The molecule has 1 saturated carbocycles. The molecular weight excluding hydrogens is 410 g/mol. The second-order valence-corrected chi connectivity index (χ2v) is 10.2. The Labute approximate surface area is 178 Å². The summed E-state index contributed by atoms with van der Waals surface area (Å²) >= 11 is 0. The molecule has 1 aliphatic carbocycles. The summed E-state index contributed by atoms with van der Waals surface area (Å²) in [5, 5.41) is 9.96. The number of hydrogen-bond donors (Lipinski definition) is 2.